The van der Waals surface area contributed by atoms with Gasteiger partial charge in [-0.3, -0.25) is 0 Å². The lowest BCUT2D eigenvalue weighted by Crippen LogP contribution is -2.35. The van der Waals surface area contributed by atoms with E-state index in [-0.39, 0.29) is 18.2 Å². The van der Waals surface area contributed by atoms with Gasteiger partial charge in [-0.1, -0.05) is 20.8 Å². The molecule has 2 N–H and O–H groups in total. The van der Waals surface area contributed by atoms with Crippen LogP contribution in [0, 0.1) is 5.92 Å². The van der Waals surface area contributed by atoms with Crippen molar-refractivity contribution in [3.63, 3.8) is 0 Å². The molecule has 2 fully saturated rings. The van der Waals surface area contributed by atoms with Crippen molar-refractivity contribution in [1.29, 1.82) is 0 Å². The molecule has 4 atom stereocenters. The van der Waals surface area contributed by atoms with Gasteiger partial charge in [0.2, 0.25) is 0 Å². The maximum Gasteiger partial charge on any atom is 0.101 e. The maximum atomic E-state index is 5.73. The molecule has 0 aromatic heterocycles. The standard InChI is InChI=1S/C7H13NO2.C2H6/c1-4-2-9-7-5(8)3-10-6(4)7;1-2/h4-7H,2-3,8H2,1H3;1-2H3. The van der Waals surface area contributed by atoms with E-state index in [0.717, 1.165) is 6.61 Å². The summed E-state index contributed by atoms with van der Waals surface area (Å²) in [4.78, 5) is 0. The summed E-state index contributed by atoms with van der Waals surface area (Å²) in [7, 11) is 0. The second-order valence-corrected chi connectivity index (χ2v) is 3.24. The van der Waals surface area contributed by atoms with E-state index in [4.69, 9.17) is 15.2 Å². The largest absolute Gasteiger partial charge is 0.373 e. The first-order chi connectivity index (χ1) is 5.79. The molecule has 3 nitrogen and oxygen atoms in total. The average Bonchev–Trinajstić information content (AvgIpc) is 2.62. The molecule has 2 heterocycles. The van der Waals surface area contributed by atoms with E-state index >= 15 is 0 Å². The van der Waals surface area contributed by atoms with Crippen LogP contribution in [0.25, 0.3) is 0 Å². The number of rotatable bonds is 0. The monoisotopic (exact) mass is 173 g/mol. The Morgan fingerprint density at radius 3 is 2.25 bits per heavy atom. The minimum Gasteiger partial charge on any atom is -0.373 e. The predicted octanol–water partition coefficient (Wildman–Crippen LogP) is 0.774. The summed E-state index contributed by atoms with van der Waals surface area (Å²) in [6.45, 7) is 7.62. The molecule has 0 amide bonds. The van der Waals surface area contributed by atoms with E-state index in [0.29, 0.717) is 12.5 Å². The van der Waals surface area contributed by atoms with E-state index in [2.05, 4.69) is 6.92 Å². The Morgan fingerprint density at radius 2 is 1.67 bits per heavy atom. The summed E-state index contributed by atoms with van der Waals surface area (Å²) in [5.41, 5.74) is 5.73. The van der Waals surface area contributed by atoms with Gasteiger partial charge in [0.15, 0.2) is 0 Å². The molecule has 0 aromatic rings. The van der Waals surface area contributed by atoms with Crippen molar-refractivity contribution in [2.75, 3.05) is 13.2 Å². The zero-order chi connectivity index (χ0) is 9.14. The third-order valence-corrected chi connectivity index (χ3v) is 2.34. The summed E-state index contributed by atoms with van der Waals surface area (Å²) in [6, 6.07) is 0.106. The Bertz CT molecular complexity index is 124. The number of hydrogen-bond donors (Lipinski definition) is 1. The van der Waals surface area contributed by atoms with Gasteiger partial charge in [0, 0.05) is 5.92 Å². The van der Waals surface area contributed by atoms with Gasteiger partial charge in [0.1, 0.15) is 6.10 Å². The van der Waals surface area contributed by atoms with Gasteiger partial charge in [0.05, 0.1) is 25.4 Å². The van der Waals surface area contributed by atoms with E-state index in [1.165, 1.54) is 0 Å². The number of nitrogens with two attached hydrogens (primary N) is 1. The molecule has 4 unspecified atom stereocenters. The minimum absolute atomic E-state index is 0.106. The highest BCUT2D eigenvalue weighted by Gasteiger charge is 2.43. The van der Waals surface area contributed by atoms with Crippen LogP contribution in [0.5, 0.6) is 0 Å². The van der Waals surface area contributed by atoms with Crippen LogP contribution in [-0.4, -0.2) is 31.5 Å². The zero-order valence-electron chi connectivity index (χ0n) is 8.12. The molecule has 0 aromatic carbocycles. The molecule has 0 radical (unpaired) electrons. The minimum atomic E-state index is 0.106. The van der Waals surface area contributed by atoms with Crippen LogP contribution in [0.15, 0.2) is 0 Å². The van der Waals surface area contributed by atoms with Crippen LogP contribution in [0.1, 0.15) is 20.8 Å². The van der Waals surface area contributed by atoms with Gasteiger partial charge in [-0.25, -0.2) is 0 Å². The molecule has 2 rings (SSSR count). The summed E-state index contributed by atoms with van der Waals surface area (Å²) in [6.07, 6.45) is 0.449. The Labute approximate surface area is 74.2 Å². The first-order valence-electron chi connectivity index (χ1n) is 4.78. The Morgan fingerprint density at radius 1 is 1.08 bits per heavy atom. The molecule has 12 heavy (non-hydrogen) atoms. The molecule has 2 aliphatic rings. The van der Waals surface area contributed by atoms with E-state index < -0.39 is 0 Å². The van der Waals surface area contributed by atoms with Crippen LogP contribution in [-0.2, 0) is 9.47 Å². The number of fused-ring (bicyclic) bond motifs is 1. The highest BCUT2D eigenvalue weighted by molar-refractivity contribution is 4.94. The molecular weight excluding hydrogens is 154 g/mol. The average molecular weight is 173 g/mol. The van der Waals surface area contributed by atoms with E-state index in [9.17, 15) is 0 Å². The first-order valence-corrected chi connectivity index (χ1v) is 4.78. The van der Waals surface area contributed by atoms with Crippen LogP contribution < -0.4 is 5.73 Å². The Kier molecular flexibility index (Phi) is 3.50. The molecule has 2 aliphatic heterocycles. The van der Waals surface area contributed by atoms with Crippen LogP contribution >= 0.6 is 0 Å². The van der Waals surface area contributed by atoms with Crippen molar-refractivity contribution in [3.05, 3.63) is 0 Å². The maximum absolute atomic E-state index is 5.73. The van der Waals surface area contributed by atoms with Gasteiger partial charge < -0.3 is 15.2 Å². The number of hydrogen-bond acceptors (Lipinski definition) is 3. The Hall–Kier alpha value is -0.120. The predicted molar refractivity (Wildman–Crippen MR) is 48.0 cm³/mol. The topological polar surface area (TPSA) is 44.5 Å². The molecular formula is C9H19NO2. The van der Waals surface area contributed by atoms with Crippen LogP contribution in [0.3, 0.4) is 0 Å². The molecule has 0 aliphatic carbocycles. The van der Waals surface area contributed by atoms with Crippen LogP contribution in [0.2, 0.25) is 0 Å². The fraction of sp³-hybridized carbons (Fsp3) is 1.00. The lowest BCUT2D eigenvalue weighted by Gasteiger charge is -2.10. The third kappa shape index (κ3) is 1.63. The molecule has 3 heteroatoms. The van der Waals surface area contributed by atoms with Crippen molar-refractivity contribution >= 4 is 0 Å². The fourth-order valence-electron chi connectivity index (χ4n) is 1.72. The summed E-state index contributed by atoms with van der Waals surface area (Å²) in [5.74, 6) is 0.526. The highest BCUT2D eigenvalue weighted by Crippen LogP contribution is 2.29. The molecule has 0 saturated carbocycles. The molecule has 72 valence electrons. The van der Waals surface area contributed by atoms with Crippen molar-refractivity contribution < 1.29 is 9.47 Å². The summed E-state index contributed by atoms with van der Waals surface area (Å²) >= 11 is 0. The van der Waals surface area contributed by atoms with Crippen molar-refractivity contribution in [3.8, 4) is 0 Å². The normalized spacial score (nSPS) is 45.0. The zero-order valence-corrected chi connectivity index (χ0v) is 8.12. The fourth-order valence-corrected chi connectivity index (χ4v) is 1.72. The second kappa shape index (κ2) is 4.21. The second-order valence-electron chi connectivity index (χ2n) is 3.24. The SMILES string of the molecule is CC.CC1COC2C(N)COC12. The van der Waals surface area contributed by atoms with E-state index in [1.807, 2.05) is 13.8 Å². The number of ether oxygens (including phenoxy) is 2. The van der Waals surface area contributed by atoms with Gasteiger partial charge >= 0.3 is 0 Å². The summed E-state index contributed by atoms with van der Waals surface area (Å²) in [5, 5.41) is 0. The summed E-state index contributed by atoms with van der Waals surface area (Å²) < 4.78 is 10.9. The molecule has 0 spiro atoms. The van der Waals surface area contributed by atoms with Crippen molar-refractivity contribution in [1.82, 2.24) is 0 Å². The lowest BCUT2D eigenvalue weighted by atomic mass is 10.0. The van der Waals surface area contributed by atoms with Gasteiger partial charge in [-0.05, 0) is 0 Å². The van der Waals surface area contributed by atoms with Crippen LogP contribution in [0.4, 0.5) is 0 Å². The van der Waals surface area contributed by atoms with Crippen molar-refractivity contribution in [2.45, 2.75) is 39.0 Å². The molecule has 0 bridgehead atoms. The third-order valence-electron chi connectivity index (χ3n) is 2.34. The quantitative estimate of drug-likeness (QED) is 0.588. The van der Waals surface area contributed by atoms with Gasteiger partial charge in [0.25, 0.3) is 0 Å². The first kappa shape index (κ1) is 9.96. The molecule has 2 saturated heterocycles. The lowest BCUT2D eigenvalue weighted by molar-refractivity contribution is 0.0650. The highest BCUT2D eigenvalue weighted by atomic mass is 16.6. The van der Waals surface area contributed by atoms with Gasteiger partial charge in [-0.15, -0.1) is 0 Å². The van der Waals surface area contributed by atoms with Crippen molar-refractivity contribution in [2.24, 2.45) is 11.7 Å². The van der Waals surface area contributed by atoms with E-state index in [1.54, 1.807) is 0 Å². The smallest absolute Gasteiger partial charge is 0.101 e. The van der Waals surface area contributed by atoms with Gasteiger partial charge in [-0.2, -0.15) is 0 Å². The Balaban J connectivity index is 0.000000336.